The molecule has 2 aromatic rings. The Kier molecular flexibility index (Phi) is 7.00. The van der Waals surface area contributed by atoms with Crippen LogP contribution in [0, 0.1) is 6.92 Å². The minimum Gasteiger partial charge on any atom is -0.338 e. The minimum absolute atomic E-state index is 0.0982. The number of urea groups is 1. The molecule has 0 atom stereocenters. The maximum Gasteiger partial charge on any atom is 0.321 e. The van der Waals surface area contributed by atoms with Gasteiger partial charge in [-0.2, -0.15) is 0 Å². The van der Waals surface area contributed by atoms with Gasteiger partial charge in [0.15, 0.2) is 11.0 Å². The Morgan fingerprint density at radius 1 is 1.24 bits per heavy atom. The van der Waals surface area contributed by atoms with Crippen LogP contribution >= 0.6 is 11.8 Å². The zero-order chi connectivity index (χ0) is 18.2. The molecule has 134 valence electrons. The molecule has 0 aliphatic carbocycles. The topological polar surface area (TPSA) is 88.9 Å². The second kappa shape index (κ2) is 9.22. The van der Waals surface area contributed by atoms with E-state index in [1.54, 1.807) is 0 Å². The van der Waals surface area contributed by atoms with Crippen molar-refractivity contribution in [2.75, 3.05) is 12.3 Å². The Hall–Kier alpha value is -2.35. The highest BCUT2D eigenvalue weighted by Crippen LogP contribution is 2.24. The van der Waals surface area contributed by atoms with Crippen LogP contribution in [0.25, 0.3) is 11.4 Å². The summed E-state index contributed by atoms with van der Waals surface area (Å²) in [6.07, 6.45) is 1.87. The monoisotopic (exact) mass is 361 g/mol. The first-order valence-corrected chi connectivity index (χ1v) is 9.17. The summed E-state index contributed by atoms with van der Waals surface area (Å²) in [7, 11) is 1.86. The third kappa shape index (κ3) is 5.32. The van der Waals surface area contributed by atoms with E-state index >= 15 is 0 Å². The summed E-state index contributed by atoms with van der Waals surface area (Å²) < 4.78 is 1.85. The number of carbonyl (C=O) groups excluding carboxylic acids is 2. The standard InChI is InChI=1S/C17H23N5O2S/c1-4-5-10-18-16(24)19-14(23)11-25-17-21-20-15(22(17)3)13-9-7-6-8-12(13)2/h6-9H,4-5,10-11H2,1-3H3,(H2,18,19,23,24). The summed E-state index contributed by atoms with van der Waals surface area (Å²) in [6.45, 7) is 4.61. The van der Waals surface area contributed by atoms with Crippen molar-refractivity contribution in [3.05, 3.63) is 29.8 Å². The number of aryl methyl sites for hydroxylation is 1. The smallest absolute Gasteiger partial charge is 0.321 e. The maximum atomic E-state index is 11.9. The van der Waals surface area contributed by atoms with Gasteiger partial charge in [-0.15, -0.1) is 10.2 Å². The van der Waals surface area contributed by atoms with E-state index < -0.39 is 6.03 Å². The first-order valence-electron chi connectivity index (χ1n) is 8.18. The molecule has 0 saturated carbocycles. The van der Waals surface area contributed by atoms with Crippen LogP contribution in [0.3, 0.4) is 0 Å². The van der Waals surface area contributed by atoms with Crippen LogP contribution < -0.4 is 10.6 Å². The van der Waals surface area contributed by atoms with Crippen LogP contribution in [0.1, 0.15) is 25.3 Å². The number of hydrogen-bond donors (Lipinski definition) is 2. The van der Waals surface area contributed by atoms with Gasteiger partial charge in [-0.1, -0.05) is 49.4 Å². The first kappa shape index (κ1) is 19.0. The van der Waals surface area contributed by atoms with Crippen LogP contribution in [-0.2, 0) is 11.8 Å². The summed E-state index contributed by atoms with van der Waals surface area (Å²) in [6, 6.07) is 7.47. The number of nitrogens with one attached hydrogen (secondary N) is 2. The van der Waals surface area contributed by atoms with Gasteiger partial charge in [0.25, 0.3) is 0 Å². The van der Waals surface area contributed by atoms with Crippen LogP contribution in [0.2, 0.25) is 0 Å². The lowest BCUT2D eigenvalue weighted by molar-refractivity contribution is -0.117. The van der Waals surface area contributed by atoms with Crippen molar-refractivity contribution in [2.45, 2.75) is 31.8 Å². The Labute approximate surface area is 151 Å². The van der Waals surface area contributed by atoms with E-state index in [0.717, 1.165) is 29.8 Å². The molecule has 0 aliphatic rings. The predicted molar refractivity (Wildman–Crippen MR) is 98.3 cm³/mol. The summed E-state index contributed by atoms with van der Waals surface area (Å²) in [5, 5.41) is 13.9. The predicted octanol–water partition coefficient (Wildman–Crippen LogP) is 2.51. The van der Waals surface area contributed by atoms with Crippen LogP contribution in [0.4, 0.5) is 4.79 Å². The molecule has 0 radical (unpaired) electrons. The van der Waals surface area contributed by atoms with E-state index in [9.17, 15) is 9.59 Å². The third-order valence-electron chi connectivity index (χ3n) is 3.62. The Morgan fingerprint density at radius 3 is 2.72 bits per heavy atom. The second-order valence-corrected chi connectivity index (χ2v) is 6.57. The van der Waals surface area contributed by atoms with E-state index in [1.807, 2.05) is 49.7 Å². The molecule has 0 bridgehead atoms. The maximum absolute atomic E-state index is 11.9. The lowest BCUT2D eigenvalue weighted by Crippen LogP contribution is -2.40. The van der Waals surface area contributed by atoms with Crippen molar-refractivity contribution in [3.63, 3.8) is 0 Å². The van der Waals surface area contributed by atoms with Crippen molar-refractivity contribution in [3.8, 4) is 11.4 Å². The quantitative estimate of drug-likeness (QED) is 0.584. The van der Waals surface area contributed by atoms with Gasteiger partial charge in [0.05, 0.1) is 5.75 Å². The lowest BCUT2D eigenvalue weighted by atomic mass is 10.1. The zero-order valence-electron chi connectivity index (χ0n) is 14.7. The number of rotatable bonds is 7. The van der Waals surface area contributed by atoms with Crippen molar-refractivity contribution in [1.29, 1.82) is 0 Å². The largest absolute Gasteiger partial charge is 0.338 e. The van der Waals surface area contributed by atoms with E-state index in [2.05, 4.69) is 20.8 Å². The Morgan fingerprint density at radius 2 is 2.00 bits per heavy atom. The van der Waals surface area contributed by atoms with Crippen molar-refractivity contribution < 1.29 is 9.59 Å². The minimum atomic E-state index is -0.461. The number of carbonyl (C=O) groups is 2. The zero-order valence-corrected chi connectivity index (χ0v) is 15.5. The summed E-state index contributed by atoms with van der Waals surface area (Å²) in [5.41, 5.74) is 2.11. The van der Waals surface area contributed by atoms with Crippen molar-refractivity contribution in [1.82, 2.24) is 25.4 Å². The Bertz CT molecular complexity index is 744. The van der Waals surface area contributed by atoms with Gasteiger partial charge < -0.3 is 9.88 Å². The summed E-state index contributed by atoms with van der Waals surface area (Å²) >= 11 is 1.24. The molecule has 0 spiro atoms. The number of amides is 3. The number of hydrogen-bond acceptors (Lipinski definition) is 5. The van der Waals surface area contributed by atoms with E-state index in [4.69, 9.17) is 0 Å². The van der Waals surface area contributed by atoms with Gasteiger partial charge in [-0.3, -0.25) is 10.1 Å². The number of nitrogens with zero attached hydrogens (tertiary/aromatic N) is 3. The van der Waals surface area contributed by atoms with Gasteiger partial charge in [-0.05, 0) is 18.9 Å². The highest BCUT2D eigenvalue weighted by Gasteiger charge is 2.15. The van der Waals surface area contributed by atoms with Crippen LogP contribution in [0.15, 0.2) is 29.4 Å². The molecule has 25 heavy (non-hydrogen) atoms. The van der Waals surface area contributed by atoms with E-state index in [1.165, 1.54) is 11.8 Å². The SMILES string of the molecule is CCCCNC(=O)NC(=O)CSc1nnc(-c2ccccc2C)n1C. The number of thioether (sulfide) groups is 1. The second-order valence-electron chi connectivity index (χ2n) is 5.63. The molecular weight excluding hydrogens is 338 g/mol. The molecule has 0 saturated heterocycles. The molecule has 0 unspecified atom stereocenters. The van der Waals surface area contributed by atoms with Gasteiger partial charge in [0.2, 0.25) is 5.91 Å². The molecule has 1 aromatic carbocycles. The van der Waals surface area contributed by atoms with Gasteiger partial charge in [-0.25, -0.2) is 4.79 Å². The molecule has 8 heteroatoms. The van der Waals surface area contributed by atoms with Gasteiger partial charge >= 0.3 is 6.03 Å². The van der Waals surface area contributed by atoms with Crippen LogP contribution in [0.5, 0.6) is 0 Å². The average molecular weight is 361 g/mol. The van der Waals surface area contributed by atoms with Crippen LogP contribution in [-0.4, -0.2) is 39.0 Å². The third-order valence-corrected chi connectivity index (χ3v) is 4.64. The summed E-state index contributed by atoms with van der Waals surface area (Å²) in [5.74, 6) is 0.485. The van der Waals surface area contributed by atoms with Crippen molar-refractivity contribution in [2.24, 2.45) is 7.05 Å². The first-order chi connectivity index (χ1) is 12.0. The highest BCUT2D eigenvalue weighted by molar-refractivity contribution is 7.99. The van der Waals surface area contributed by atoms with Gasteiger partial charge in [0, 0.05) is 19.2 Å². The molecular formula is C17H23N5O2S. The number of unbranched alkanes of at least 4 members (excludes halogenated alkanes) is 1. The number of imide groups is 1. The van der Waals surface area contributed by atoms with E-state index in [-0.39, 0.29) is 11.7 Å². The molecule has 3 amide bonds. The van der Waals surface area contributed by atoms with Gasteiger partial charge in [0.1, 0.15) is 0 Å². The average Bonchev–Trinajstić information content (AvgIpc) is 2.94. The fourth-order valence-corrected chi connectivity index (χ4v) is 2.93. The molecule has 0 aliphatic heterocycles. The highest BCUT2D eigenvalue weighted by atomic mass is 32.2. The molecule has 1 aromatic heterocycles. The Balaban J connectivity index is 1.91. The fraction of sp³-hybridized carbons (Fsp3) is 0.412. The molecule has 0 fully saturated rings. The van der Waals surface area contributed by atoms with E-state index in [0.29, 0.717) is 11.7 Å². The summed E-state index contributed by atoms with van der Waals surface area (Å²) in [4.78, 5) is 23.4. The number of aromatic nitrogens is 3. The molecule has 2 rings (SSSR count). The normalized spacial score (nSPS) is 10.5. The molecule has 2 N–H and O–H groups in total. The molecule has 7 nitrogen and oxygen atoms in total. The van der Waals surface area contributed by atoms with Crippen molar-refractivity contribution >= 4 is 23.7 Å². The fourth-order valence-electron chi connectivity index (χ4n) is 2.21. The molecule has 1 heterocycles. The lowest BCUT2D eigenvalue weighted by Gasteiger charge is -2.07. The number of benzene rings is 1.